The molecule has 0 saturated carbocycles. The van der Waals surface area contributed by atoms with Crippen molar-refractivity contribution in [3.8, 4) is 5.75 Å². The molecule has 1 saturated heterocycles. The van der Waals surface area contributed by atoms with E-state index in [4.69, 9.17) is 14.2 Å². The monoisotopic (exact) mass is 343 g/mol. The summed E-state index contributed by atoms with van der Waals surface area (Å²) in [6.07, 6.45) is 0.525. The molecule has 0 aromatic heterocycles. The fraction of sp³-hybridized carbons (Fsp3) is 0.588. The molecule has 1 heterocycles. The van der Waals surface area contributed by atoms with Gasteiger partial charge in [-0.3, -0.25) is 9.69 Å². The van der Waals surface area contributed by atoms with Gasteiger partial charge >= 0.3 is 0 Å². The summed E-state index contributed by atoms with van der Waals surface area (Å²) >= 11 is 0. The zero-order valence-corrected chi connectivity index (χ0v) is 14.5. The Bertz CT molecular complexity index is 446. The summed E-state index contributed by atoms with van der Waals surface area (Å²) < 4.78 is 16.5. The molecule has 1 fully saturated rings. The van der Waals surface area contributed by atoms with Crippen molar-refractivity contribution < 1.29 is 19.0 Å². The minimum absolute atomic E-state index is 0. The number of morpholine rings is 1. The number of ether oxygens (including phenoxy) is 3. The Balaban J connectivity index is 0.00000264. The molecule has 1 aromatic rings. The zero-order chi connectivity index (χ0) is 15.6. The average molecular weight is 344 g/mol. The van der Waals surface area contributed by atoms with Crippen LogP contribution in [0.1, 0.15) is 23.7 Å². The van der Waals surface area contributed by atoms with Gasteiger partial charge in [0.15, 0.2) is 5.78 Å². The normalized spacial score (nSPS) is 15.0. The van der Waals surface area contributed by atoms with Crippen LogP contribution in [-0.2, 0) is 9.47 Å². The molecule has 0 amide bonds. The first-order valence-corrected chi connectivity index (χ1v) is 7.93. The van der Waals surface area contributed by atoms with Crippen molar-refractivity contribution >= 4 is 18.2 Å². The molecule has 0 bridgehead atoms. The summed E-state index contributed by atoms with van der Waals surface area (Å²) in [5, 5.41) is 0. The van der Waals surface area contributed by atoms with E-state index in [0.717, 1.165) is 44.2 Å². The van der Waals surface area contributed by atoms with Crippen LogP contribution in [0.3, 0.4) is 0 Å². The van der Waals surface area contributed by atoms with Crippen LogP contribution < -0.4 is 4.74 Å². The first kappa shape index (κ1) is 19.9. The second-order valence-electron chi connectivity index (χ2n) is 5.22. The van der Waals surface area contributed by atoms with E-state index in [1.807, 2.05) is 19.1 Å². The maximum absolute atomic E-state index is 11.5. The van der Waals surface area contributed by atoms with Crippen molar-refractivity contribution in [1.29, 1.82) is 0 Å². The predicted molar refractivity (Wildman–Crippen MR) is 91.9 cm³/mol. The Hall–Kier alpha value is -1.14. The highest BCUT2D eigenvalue weighted by atomic mass is 35.5. The van der Waals surface area contributed by atoms with E-state index in [1.165, 1.54) is 0 Å². The molecule has 0 aliphatic carbocycles. The lowest BCUT2D eigenvalue weighted by molar-refractivity contribution is 0.0170. The summed E-state index contributed by atoms with van der Waals surface area (Å²) in [6, 6.07) is 7.27. The van der Waals surface area contributed by atoms with Gasteiger partial charge in [0.05, 0.1) is 26.4 Å². The first-order valence-electron chi connectivity index (χ1n) is 7.93. The maximum Gasteiger partial charge on any atom is 0.162 e. The van der Waals surface area contributed by atoms with E-state index in [2.05, 4.69) is 4.90 Å². The lowest BCUT2D eigenvalue weighted by atomic mass is 10.1. The maximum atomic E-state index is 11.5. The quantitative estimate of drug-likeness (QED) is 0.509. The van der Waals surface area contributed by atoms with Gasteiger partial charge in [-0.25, -0.2) is 0 Å². The first-order chi connectivity index (χ1) is 10.8. The second kappa shape index (κ2) is 11.4. The van der Waals surface area contributed by atoms with Crippen LogP contribution in [0.5, 0.6) is 5.75 Å². The molecule has 130 valence electrons. The number of rotatable bonds is 9. The van der Waals surface area contributed by atoms with Crippen molar-refractivity contribution in [3.63, 3.8) is 0 Å². The molecule has 23 heavy (non-hydrogen) atoms. The molecular weight excluding hydrogens is 318 g/mol. The van der Waals surface area contributed by atoms with E-state index < -0.39 is 0 Å². The molecule has 0 N–H and O–H groups in total. The Kier molecular flexibility index (Phi) is 9.87. The van der Waals surface area contributed by atoms with Crippen LogP contribution in [0.15, 0.2) is 24.3 Å². The highest BCUT2D eigenvalue weighted by molar-refractivity contribution is 5.95. The van der Waals surface area contributed by atoms with Gasteiger partial charge in [-0.05, 0) is 24.3 Å². The third-order valence-electron chi connectivity index (χ3n) is 3.65. The van der Waals surface area contributed by atoms with E-state index in [9.17, 15) is 4.79 Å². The lowest BCUT2D eigenvalue weighted by Gasteiger charge is -2.26. The average Bonchev–Trinajstić information content (AvgIpc) is 2.58. The summed E-state index contributed by atoms with van der Waals surface area (Å²) in [7, 11) is 0. The molecule has 2 rings (SSSR count). The van der Waals surface area contributed by atoms with Crippen LogP contribution in [-0.4, -0.2) is 63.4 Å². The molecule has 1 aliphatic heterocycles. The van der Waals surface area contributed by atoms with Gasteiger partial charge in [0.25, 0.3) is 0 Å². The minimum atomic E-state index is 0. The van der Waals surface area contributed by atoms with E-state index >= 15 is 0 Å². The van der Waals surface area contributed by atoms with Gasteiger partial charge in [-0.1, -0.05) is 6.92 Å². The van der Waals surface area contributed by atoms with E-state index in [1.54, 1.807) is 12.1 Å². The number of carbonyl (C=O) groups is 1. The van der Waals surface area contributed by atoms with Crippen molar-refractivity contribution in [2.24, 2.45) is 0 Å². The number of hydrogen-bond acceptors (Lipinski definition) is 5. The Labute approximate surface area is 144 Å². The topological polar surface area (TPSA) is 48.0 Å². The molecule has 1 aromatic carbocycles. The molecule has 0 atom stereocenters. The van der Waals surface area contributed by atoms with Crippen molar-refractivity contribution in [2.45, 2.75) is 13.3 Å². The van der Waals surface area contributed by atoms with E-state index in [0.29, 0.717) is 26.2 Å². The summed E-state index contributed by atoms with van der Waals surface area (Å²) in [4.78, 5) is 13.9. The van der Waals surface area contributed by atoms with Crippen LogP contribution in [0.2, 0.25) is 0 Å². The minimum Gasteiger partial charge on any atom is -0.491 e. The van der Waals surface area contributed by atoms with Crippen LogP contribution >= 0.6 is 12.4 Å². The summed E-state index contributed by atoms with van der Waals surface area (Å²) in [5.74, 6) is 0.919. The number of benzene rings is 1. The zero-order valence-electron chi connectivity index (χ0n) is 13.7. The molecule has 1 aliphatic rings. The summed E-state index contributed by atoms with van der Waals surface area (Å²) in [6.45, 7) is 8.22. The number of ketones is 1. The number of hydrogen-bond donors (Lipinski definition) is 0. The van der Waals surface area contributed by atoms with Crippen LogP contribution in [0.4, 0.5) is 0 Å². The number of nitrogens with zero attached hydrogens (tertiary/aromatic N) is 1. The van der Waals surface area contributed by atoms with Crippen LogP contribution in [0, 0.1) is 0 Å². The largest absolute Gasteiger partial charge is 0.491 e. The van der Waals surface area contributed by atoms with Gasteiger partial charge in [0.1, 0.15) is 12.4 Å². The standard InChI is InChI=1S/C17H25NO4.ClH/c1-2-17(19)15-3-5-16(6-4-15)22-14-13-21-12-9-18-7-10-20-11-8-18;/h3-6H,2,7-14H2,1H3;1H. The highest BCUT2D eigenvalue weighted by Gasteiger charge is 2.09. The fourth-order valence-corrected chi connectivity index (χ4v) is 2.28. The summed E-state index contributed by atoms with van der Waals surface area (Å²) in [5.41, 5.74) is 0.733. The van der Waals surface area contributed by atoms with Gasteiger partial charge in [-0.15, -0.1) is 12.4 Å². The molecule has 6 heteroatoms. The second-order valence-corrected chi connectivity index (χ2v) is 5.22. The number of halogens is 1. The Morgan fingerprint density at radius 3 is 2.48 bits per heavy atom. The lowest BCUT2D eigenvalue weighted by Crippen LogP contribution is -2.38. The molecular formula is C17H26ClNO4. The third kappa shape index (κ3) is 7.31. The van der Waals surface area contributed by atoms with Crippen molar-refractivity contribution in [2.75, 3.05) is 52.7 Å². The Morgan fingerprint density at radius 2 is 1.83 bits per heavy atom. The third-order valence-corrected chi connectivity index (χ3v) is 3.65. The molecule has 0 unspecified atom stereocenters. The van der Waals surface area contributed by atoms with Crippen LogP contribution in [0.25, 0.3) is 0 Å². The molecule has 0 spiro atoms. The molecule has 5 nitrogen and oxygen atoms in total. The van der Waals surface area contributed by atoms with Gasteiger partial charge in [-0.2, -0.15) is 0 Å². The van der Waals surface area contributed by atoms with Crippen molar-refractivity contribution in [3.05, 3.63) is 29.8 Å². The predicted octanol–water partition coefficient (Wildman–Crippen LogP) is 2.43. The highest BCUT2D eigenvalue weighted by Crippen LogP contribution is 2.13. The van der Waals surface area contributed by atoms with Gasteiger partial charge in [0, 0.05) is 31.6 Å². The SMILES string of the molecule is CCC(=O)c1ccc(OCCOCCN2CCOCC2)cc1.Cl. The van der Waals surface area contributed by atoms with E-state index in [-0.39, 0.29) is 18.2 Å². The van der Waals surface area contributed by atoms with Crippen molar-refractivity contribution in [1.82, 2.24) is 4.90 Å². The molecule has 0 radical (unpaired) electrons. The Morgan fingerprint density at radius 1 is 1.13 bits per heavy atom. The van der Waals surface area contributed by atoms with Gasteiger partial charge < -0.3 is 14.2 Å². The fourth-order valence-electron chi connectivity index (χ4n) is 2.28. The number of Topliss-reactive ketones (excluding diaryl/α,β-unsaturated/α-hetero) is 1. The number of carbonyl (C=O) groups excluding carboxylic acids is 1. The van der Waals surface area contributed by atoms with Gasteiger partial charge in [0.2, 0.25) is 0 Å². The smallest absolute Gasteiger partial charge is 0.162 e.